The molecule has 9 heteroatoms. The maximum atomic E-state index is 13.3. The second kappa shape index (κ2) is 6.19. The molecule has 0 amide bonds. The van der Waals surface area contributed by atoms with Crippen molar-refractivity contribution in [1.82, 2.24) is 0 Å². The van der Waals surface area contributed by atoms with Gasteiger partial charge in [-0.15, -0.1) is 0 Å². The van der Waals surface area contributed by atoms with Crippen LogP contribution in [0.2, 0.25) is 0 Å². The predicted octanol–water partition coefficient (Wildman–Crippen LogP) is 2.56. The summed E-state index contributed by atoms with van der Waals surface area (Å²) in [7, 11) is 0. The van der Waals surface area contributed by atoms with Crippen molar-refractivity contribution < 1.29 is 37.0 Å². The topological polar surface area (TPSA) is 73.9 Å². The van der Waals surface area contributed by atoms with E-state index < -0.39 is 41.5 Å². The Kier molecular flexibility index (Phi) is 4.48. The molecule has 0 aliphatic carbocycles. The van der Waals surface area contributed by atoms with E-state index in [4.69, 9.17) is 9.47 Å². The van der Waals surface area contributed by atoms with Crippen LogP contribution in [0.25, 0.3) is 0 Å². The molecule has 1 fully saturated rings. The van der Waals surface area contributed by atoms with E-state index in [0.717, 1.165) is 24.4 Å². The molecular formula is C14H12F3NO5. The minimum atomic E-state index is -3.12. The molecule has 0 aromatic heterocycles. The van der Waals surface area contributed by atoms with Crippen LogP contribution in [0.1, 0.15) is 13.8 Å². The van der Waals surface area contributed by atoms with Crippen molar-refractivity contribution in [2.45, 2.75) is 26.2 Å². The molecule has 23 heavy (non-hydrogen) atoms. The van der Waals surface area contributed by atoms with E-state index in [1.54, 1.807) is 0 Å². The van der Waals surface area contributed by atoms with Crippen LogP contribution in [-0.2, 0) is 19.1 Å². The molecule has 1 aliphatic rings. The lowest BCUT2D eigenvalue weighted by Gasteiger charge is -2.29. The van der Waals surface area contributed by atoms with Crippen molar-refractivity contribution in [1.29, 1.82) is 0 Å². The fourth-order valence-corrected chi connectivity index (χ4v) is 1.75. The van der Waals surface area contributed by atoms with E-state index in [9.17, 15) is 22.8 Å². The highest BCUT2D eigenvalue weighted by Crippen LogP contribution is 2.24. The third-order valence-electron chi connectivity index (χ3n) is 2.60. The first-order chi connectivity index (χ1) is 10.7. The zero-order valence-corrected chi connectivity index (χ0v) is 12.1. The minimum Gasteiger partial charge on any atom is -0.435 e. The fourth-order valence-electron chi connectivity index (χ4n) is 1.75. The number of carbonyl (C=O) groups is 2. The Bertz CT molecular complexity index is 650. The molecule has 0 saturated carbocycles. The van der Waals surface area contributed by atoms with Crippen molar-refractivity contribution in [3.63, 3.8) is 0 Å². The summed E-state index contributed by atoms with van der Waals surface area (Å²) in [4.78, 5) is 23.4. The normalized spacial score (nSPS) is 16.7. The number of anilines is 1. The van der Waals surface area contributed by atoms with Crippen LogP contribution in [0.5, 0.6) is 5.75 Å². The van der Waals surface area contributed by atoms with Gasteiger partial charge in [-0.05, 0) is 6.07 Å². The molecule has 0 spiro atoms. The molecule has 0 radical (unpaired) electrons. The smallest absolute Gasteiger partial charge is 0.387 e. The summed E-state index contributed by atoms with van der Waals surface area (Å²) < 4.78 is 51.4. The summed E-state index contributed by atoms with van der Waals surface area (Å²) in [5.41, 5.74) is -0.469. The highest BCUT2D eigenvalue weighted by molar-refractivity contribution is 6.15. The first kappa shape index (κ1) is 16.7. The van der Waals surface area contributed by atoms with Gasteiger partial charge in [0.2, 0.25) is 0 Å². The molecule has 0 atom stereocenters. The first-order valence-electron chi connectivity index (χ1n) is 6.35. The lowest BCUT2D eigenvalue weighted by atomic mass is 10.2. The maximum absolute atomic E-state index is 13.3. The number of rotatable bonds is 4. The lowest BCUT2D eigenvalue weighted by Crippen LogP contribution is -2.42. The third-order valence-corrected chi connectivity index (χ3v) is 2.60. The maximum Gasteiger partial charge on any atom is 0.387 e. The lowest BCUT2D eigenvalue weighted by molar-refractivity contribution is -0.222. The van der Waals surface area contributed by atoms with Gasteiger partial charge < -0.3 is 19.5 Å². The van der Waals surface area contributed by atoms with E-state index in [-0.39, 0.29) is 5.69 Å². The number of esters is 2. The van der Waals surface area contributed by atoms with Crippen molar-refractivity contribution >= 4 is 17.6 Å². The summed E-state index contributed by atoms with van der Waals surface area (Å²) in [5, 5.41) is 2.43. The SMILES string of the molecule is CC1(C)OC(=O)C(=CNc2cc(F)cc(OC(F)F)c2)C(=O)O1. The summed E-state index contributed by atoms with van der Waals surface area (Å²) in [6, 6.07) is 2.78. The van der Waals surface area contributed by atoms with Crippen LogP contribution < -0.4 is 10.1 Å². The number of ether oxygens (including phenoxy) is 3. The number of hydrogen-bond acceptors (Lipinski definition) is 6. The Balaban J connectivity index is 2.18. The number of benzene rings is 1. The Morgan fingerprint density at radius 3 is 2.35 bits per heavy atom. The van der Waals surface area contributed by atoms with Crippen molar-refractivity contribution in [3.8, 4) is 5.75 Å². The van der Waals surface area contributed by atoms with E-state index in [0.29, 0.717) is 0 Å². The van der Waals surface area contributed by atoms with Gasteiger partial charge >= 0.3 is 18.6 Å². The summed E-state index contributed by atoms with van der Waals surface area (Å²) >= 11 is 0. The Labute approximate surface area is 128 Å². The Hall–Kier alpha value is -2.71. The molecule has 1 aromatic rings. The number of carbonyl (C=O) groups excluding carboxylic acids is 2. The third kappa shape index (κ3) is 4.38. The van der Waals surface area contributed by atoms with Gasteiger partial charge in [-0.1, -0.05) is 0 Å². The van der Waals surface area contributed by atoms with Crippen LogP contribution in [-0.4, -0.2) is 24.3 Å². The van der Waals surface area contributed by atoms with Crippen LogP contribution in [0.15, 0.2) is 30.0 Å². The number of hydrogen-bond donors (Lipinski definition) is 1. The monoisotopic (exact) mass is 331 g/mol. The minimum absolute atomic E-state index is 0.0152. The van der Waals surface area contributed by atoms with Gasteiger partial charge in [0, 0.05) is 37.9 Å². The first-order valence-corrected chi connectivity index (χ1v) is 6.35. The molecule has 1 N–H and O–H groups in total. The molecule has 0 unspecified atom stereocenters. The quantitative estimate of drug-likeness (QED) is 0.519. The zero-order valence-electron chi connectivity index (χ0n) is 12.1. The highest BCUT2D eigenvalue weighted by Gasteiger charge is 2.38. The van der Waals surface area contributed by atoms with E-state index >= 15 is 0 Å². The van der Waals surface area contributed by atoms with Crippen LogP contribution in [0, 0.1) is 5.82 Å². The number of halogens is 3. The van der Waals surface area contributed by atoms with E-state index in [1.807, 2.05) is 0 Å². The largest absolute Gasteiger partial charge is 0.435 e. The van der Waals surface area contributed by atoms with Crippen LogP contribution in [0.4, 0.5) is 18.9 Å². The summed E-state index contributed by atoms with van der Waals surface area (Å²) in [6.07, 6.45) is 0.931. The van der Waals surface area contributed by atoms with Crippen molar-refractivity contribution in [2.24, 2.45) is 0 Å². The second-order valence-electron chi connectivity index (χ2n) is 4.94. The zero-order chi connectivity index (χ0) is 17.2. The molecule has 6 nitrogen and oxygen atoms in total. The van der Waals surface area contributed by atoms with E-state index in [1.165, 1.54) is 13.8 Å². The molecule has 124 valence electrons. The van der Waals surface area contributed by atoms with Gasteiger partial charge in [0.15, 0.2) is 5.57 Å². The summed E-state index contributed by atoms with van der Waals surface area (Å²) in [6.45, 7) is -0.352. The predicted molar refractivity (Wildman–Crippen MR) is 71.0 cm³/mol. The van der Waals surface area contributed by atoms with Gasteiger partial charge in [-0.25, -0.2) is 14.0 Å². The number of alkyl halides is 2. The fraction of sp³-hybridized carbons (Fsp3) is 0.286. The van der Waals surface area contributed by atoms with Gasteiger partial charge in [-0.3, -0.25) is 0 Å². The Morgan fingerprint density at radius 2 is 1.78 bits per heavy atom. The van der Waals surface area contributed by atoms with Crippen LogP contribution in [0.3, 0.4) is 0 Å². The van der Waals surface area contributed by atoms with E-state index in [2.05, 4.69) is 10.1 Å². The molecular weight excluding hydrogens is 319 g/mol. The molecule has 1 heterocycles. The van der Waals surface area contributed by atoms with Gasteiger partial charge in [0.25, 0.3) is 5.79 Å². The number of cyclic esters (lactones) is 2. The molecule has 2 rings (SSSR count). The Morgan fingerprint density at radius 1 is 1.17 bits per heavy atom. The average molecular weight is 331 g/mol. The second-order valence-corrected chi connectivity index (χ2v) is 4.94. The molecule has 1 saturated heterocycles. The van der Waals surface area contributed by atoms with Gasteiger partial charge in [0.1, 0.15) is 11.6 Å². The number of nitrogens with one attached hydrogen (secondary N) is 1. The molecule has 1 aliphatic heterocycles. The molecule has 0 bridgehead atoms. The van der Waals surface area contributed by atoms with Crippen molar-refractivity contribution in [3.05, 3.63) is 35.8 Å². The standard InChI is InChI=1S/C14H12F3NO5/c1-14(2)22-11(19)10(12(20)23-14)6-18-8-3-7(15)4-9(5-8)21-13(16)17/h3-6,13,18H,1-2H3. The van der Waals surface area contributed by atoms with Crippen LogP contribution >= 0.6 is 0 Å². The summed E-state index contributed by atoms with van der Waals surface area (Å²) in [5.74, 6) is -4.52. The average Bonchev–Trinajstić information content (AvgIpc) is 2.34. The molecule has 1 aromatic carbocycles. The highest BCUT2D eigenvalue weighted by atomic mass is 19.3. The van der Waals surface area contributed by atoms with Gasteiger partial charge in [0.05, 0.1) is 0 Å². The van der Waals surface area contributed by atoms with Crippen molar-refractivity contribution in [2.75, 3.05) is 5.32 Å². The van der Waals surface area contributed by atoms with Gasteiger partial charge in [-0.2, -0.15) is 8.78 Å².